The SMILES string of the molecule is CC(C)N(CC(=O)O)C(=O)NC1CCCNC1=O. The molecule has 1 rings (SSSR count). The van der Waals surface area contributed by atoms with E-state index in [0.29, 0.717) is 13.0 Å². The second kappa shape index (κ2) is 6.23. The lowest BCUT2D eigenvalue weighted by Crippen LogP contribution is -2.55. The van der Waals surface area contributed by atoms with E-state index in [1.54, 1.807) is 13.8 Å². The van der Waals surface area contributed by atoms with E-state index in [0.717, 1.165) is 6.42 Å². The maximum Gasteiger partial charge on any atom is 0.323 e. The summed E-state index contributed by atoms with van der Waals surface area (Å²) in [5.41, 5.74) is 0. The molecule has 0 spiro atoms. The zero-order chi connectivity index (χ0) is 13.7. The third-order valence-electron chi connectivity index (χ3n) is 2.77. The van der Waals surface area contributed by atoms with Crippen molar-refractivity contribution in [1.29, 1.82) is 0 Å². The van der Waals surface area contributed by atoms with E-state index in [2.05, 4.69) is 10.6 Å². The Morgan fingerprint density at radius 2 is 2.22 bits per heavy atom. The van der Waals surface area contributed by atoms with Gasteiger partial charge in [0.05, 0.1) is 0 Å². The lowest BCUT2D eigenvalue weighted by molar-refractivity contribution is -0.138. The molecule has 1 unspecified atom stereocenters. The molecule has 0 radical (unpaired) electrons. The second-order valence-corrected chi connectivity index (χ2v) is 4.55. The number of rotatable bonds is 4. The fourth-order valence-electron chi connectivity index (χ4n) is 1.78. The first-order valence-corrected chi connectivity index (χ1v) is 5.98. The van der Waals surface area contributed by atoms with E-state index < -0.39 is 18.0 Å². The van der Waals surface area contributed by atoms with E-state index in [1.807, 2.05) is 0 Å². The van der Waals surface area contributed by atoms with Crippen LogP contribution in [0.3, 0.4) is 0 Å². The summed E-state index contributed by atoms with van der Waals surface area (Å²) in [5.74, 6) is -1.29. The Labute approximate surface area is 106 Å². The predicted octanol–water partition coefficient (Wildman–Crippen LogP) is -0.230. The molecule has 0 bridgehead atoms. The number of hydrogen-bond acceptors (Lipinski definition) is 3. The first kappa shape index (κ1) is 14.3. The molecule has 102 valence electrons. The topological polar surface area (TPSA) is 98.7 Å². The van der Waals surface area contributed by atoms with Crippen molar-refractivity contribution >= 4 is 17.9 Å². The molecular weight excluding hydrogens is 238 g/mol. The number of carbonyl (C=O) groups is 3. The molecule has 3 N–H and O–H groups in total. The molecule has 18 heavy (non-hydrogen) atoms. The molecule has 1 aliphatic heterocycles. The monoisotopic (exact) mass is 257 g/mol. The van der Waals surface area contributed by atoms with E-state index in [-0.39, 0.29) is 18.5 Å². The molecule has 1 saturated heterocycles. The van der Waals surface area contributed by atoms with Gasteiger partial charge in [-0.05, 0) is 26.7 Å². The largest absolute Gasteiger partial charge is 0.480 e. The van der Waals surface area contributed by atoms with Crippen molar-refractivity contribution in [3.05, 3.63) is 0 Å². The Bertz CT molecular complexity index is 343. The number of aliphatic carboxylic acids is 1. The summed E-state index contributed by atoms with van der Waals surface area (Å²) in [4.78, 5) is 35.2. The van der Waals surface area contributed by atoms with Crippen LogP contribution in [-0.2, 0) is 9.59 Å². The van der Waals surface area contributed by atoms with Gasteiger partial charge in [0.15, 0.2) is 0 Å². The highest BCUT2D eigenvalue weighted by atomic mass is 16.4. The molecule has 1 fully saturated rings. The van der Waals surface area contributed by atoms with Crippen LogP contribution in [0.25, 0.3) is 0 Å². The Hall–Kier alpha value is -1.79. The summed E-state index contributed by atoms with van der Waals surface area (Å²) >= 11 is 0. The van der Waals surface area contributed by atoms with Crippen molar-refractivity contribution in [2.24, 2.45) is 0 Å². The van der Waals surface area contributed by atoms with Crippen LogP contribution in [0.15, 0.2) is 0 Å². The van der Waals surface area contributed by atoms with Gasteiger partial charge < -0.3 is 20.6 Å². The number of hydrogen-bond donors (Lipinski definition) is 3. The molecule has 0 aromatic heterocycles. The molecule has 1 atom stereocenters. The second-order valence-electron chi connectivity index (χ2n) is 4.55. The molecule has 0 saturated carbocycles. The highest BCUT2D eigenvalue weighted by Crippen LogP contribution is 2.05. The van der Waals surface area contributed by atoms with Crippen molar-refractivity contribution in [1.82, 2.24) is 15.5 Å². The first-order valence-electron chi connectivity index (χ1n) is 5.98. The van der Waals surface area contributed by atoms with E-state index in [4.69, 9.17) is 5.11 Å². The Kier molecular flexibility index (Phi) is 4.94. The first-order chi connectivity index (χ1) is 8.41. The molecule has 7 heteroatoms. The van der Waals surface area contributed by atoms with Crippen LogP contribution in [0.5, 0.6) is 0 Å². The van der Waals surface area contributed by atoms with Crippen molar-refractivity contribution in [3.8, 4) is 0 Å². The van der Waals surface area contributed by atoms with Crippen LogP contribution in [0.2, 0.25) is 0 Å². The summed E-state index contributed by atoms with van der Waals surface area (Å²) in [6, 6.07) is -1.33. The van der Waals surface area contributed by atoms with E-state index in [1.165, 1.54) is 4.90 Å². The van der Waals surface area contributed by atoms with Gasteiger partial charge >= 0.3 is 12.0 Å². The molecule has 1 aliphatic rings. The van der Waals surface area contributed by atoms with Gasteiger partial charge in [-0.25, -0.2) is 4.79 Å². The lowest BCUT2D eigenvalue weighted by atomic mass is 10.1. The van der Waals surface area contributed by atoms with Gasteiger partial charge in [0, 0.05) is 12.6 Å². The van der Waals surface area contributed by atoms with Gasteiger partial charge in [0.2, 0.25) is 5.91 Å². The van der Waals surface area contributed by atoms with Crippen molar-refractivity contribution < 1.29 is 19.5 Å². The van der Waals surface area contributed by atoms with Crippen LogP contribution < -0.4 is 10.6 Å². The van der Waals surface area contributed by atoms with Gasteiger partial charge in [-0.1, -0.05) is 0 Å². The van der Waals surface area contributed by atoms with Crippen LogP contribution >= 0.6 is 0 Å². The highest BCUT2D eigenvalue weighted by molar-refractivity contribution is 5.88. The Morgan fingerprint density at radius 1 is 1.56 bits per heavy atom. The minimum absolute atomic E-state index is 0.214. The van der Waals surface area contributed by atoms with Gasteiger partial charge in [-0.3, -0.25) is 9.59 Å². The number of carbonyl (C=O) groups excluding carboxylic acids is 2. The minimum Gasteiger partial charge on any atom is -0.480 e. The van der Waals surface area contributed by atoms with Crippen LogP contribution in [0, 0.1) is 0 Å². The molecule has 0 aromatic rings. The number of amides is 3. The molecule has 0 aliphatic carbocycles. The van der Waals surface area contributed by atoms with Crippen molar-refractivity contribution in [3.63, 3.8) is 0 Å². The summed E-state index contributed by atoms with van der Waals surface area (Å²) < 4.78 is 0. The Morgan fingerprint density at radius 3 is 2.72 bits per heavy atom. The summed E-state index contributed by atoms with van der Waals surface area (Å²) in [5, 5.41) is 14.0. The van der Waals surface area contributed by atoms with Gasteiger partial charge in [-0.2, -0.15) is 0 Å². The number of piperidine rings is 1. The van der Waals surface area contributed by atoms with E-state index >= 15 is 0 Å². The maximum absolute atomic E-state index is 11.9. The number of nitrogens with zero attached hydrogens (tertiary/aromatic N) is 1. The van der Waals surface area contributed by atoms with Gasteiger partial charge in [0.25, 0.3) is 0 Å². The zero-order valence-corrected chi connectivity index (χ0v) is 10.6. The highest BCUT2D eigenvalue weighted by Gasteiger charge is 2.27. The molecule has 3 amide bonds. The van der Waals surface area contributed by atoms with Crippen LogP contribution in [0.4, 0.5) is 4.79 Å². The molecule has 7 nitrogen and oxygen atoms in total. The quantitative estimate of drug-likeness (QED) is 0.647. The fourth-order valence-corrected chi connectivity index (χ4v) is 1.78. The zero-order valence-electron chi connectivity index (χ0n) is 10.6. The Balaban J connectivity index is 2.60. The third kappa shape index (κ3) is 3.90. The van der Waals surface area contributed by atoms with Crippen LogP contribution in [0.1, 0.15) is 26.7 Å². The maximum atomic E-state index is 11.9. The van der Waals surface area contributed by atoms with Crippen molar-refractivity contribution in [2.75, 3.05) is 13.1 Å². The average molecular weight is 257 g/mol. The third-order valence-corrected chi connectivity index (χ3v) is 2.77. The number of carboxylic acid groups (broad SMARTS) is 1. The fraction of sp³-hybridized carbons (Fsp3) is 0.727. The number of nitrogens with one attached hydrogen (secondary N) is 2. The average Bonchev–Trinajstić information content (AvgIpc) is 2.28. The standard InChI is InChI=1S/C11H19N3O4/c1-7(2)14(6-9(15)16)11(18)13-8-4-3-5-12-10(8)17/h7-8H,3-6H2,1-2H3,(H,12,17)(H,13,18)(H,15,16). The normalized spacial score (nSPS) is 19.3. The van der Waals surface area contributed by atoms with Gasteiger partial charge in [0.1, 0.15) is 12.6 Å². The van der Waals surface area contributed by atoms with Crippen LogP contribution in [-0.4, -0.2) is 53.1 Å². The lowest BCUT2D eigenvalue weighted by Gasteiger charge is -2.29. The molecule has 1 heterocycles. The summed E-state index contributed by atoms with van der Waals surface area (Å²) in [6.07, 6.45) is 1.38. The smallest absolute Gasteiger partial charge is 0.323 e. The van der Waals surface area contributed by atoms with Crippen molar-refractivity contribution in [2.45, 2.75) is 38.8 Å². The summed E-state index contributed by atoms with van der Waals surface area (Å²) in [7, 11) is 0. The number of urea groups is 1. The minimum atomic E-state index is -1.08. The molecular formula is C11H19N3O4. The molecule has 0 aromatic carbocycles. The predicted molar refractivity (Wildman–Crippen MR) is 64.0 cm³/mol. The van der Waals surface area contributed by atoms with E-state index in [9.17, 15) is 14.4 Å². The summed E-state index contributed by atoms with van der Waals surface area (Å²) in [6.45, 7) is 3.69. The number of carboxylic acids is 1. The van der Waals surface area contributed by atoms with Gasteiger partial charge in [-0.15, -0.1) is 0 Å².